The number of rotatable bonds is 3. The van der Waals surface area contributed by atoms with E-state index in [0.29, 0.717) is 31.0 Å². The van der Waals surface area contributed by atoms with E-state index in [1.807, 2.05) is 20.8 Å². The zero-order chi connectivity index (χ0) is 21.6. The van der Waals surface area contributed by atoms with Gasteiger partial charge in [-0.3, -0.25) is 4.79 Å². The van der Waals surface area contributed by atoms with Crippen molar-refractivity contribution in [1.29, 1.82) is 0 Å². The van der Waals surface area contributed by atoms with Gasteiger partial charge in [0.1, 0.15) is 5.82 Å². The predicted octanol–water partition coefficient (Wildman–Crippen LogP) is 4.66. The summed E-state index contributed by atoms with van der Waals surface area (Å²) in [5.74, 6) is -2.16. The van der Waals surface area contributed by atoms with E-state index in [0.717, 1.165) is 11.3 Å². The molecule has 1 heterocycles. The molecule has 0 spiro atoms. The number of halogens is 4. The van der Waals surface area contributed by atoms with Gasteiger partial charge >= 0.3 is 6.18 Å². The quantitative estimate of drug-likeness (QED) is 0.720. The minimum atomic E-state index is -4.70. The normalized spacial score (nSPS) is 17.3. The molecule has 1 aliphatic rings. The number of carbonyl (C=O) groups is 1. The Labute approximate surface area is 169 Å². The van der Waals surface area contributed by atoms with Crippen LogP contribution in [0.1, 0.15) is 60.8 Å². The highest BCUT2D eigenvalue weighted by Crippen LogP contribution is 2.34. The summed E-state index contributed by atoms with van der Waals surface area (Å²) >= 11 is 1.20. The Bertz CT molecular complexity index is 995. The Morgan fingerprint density at radius 1 is 1.28 bits per heavy atom. The van der Waals surface area contributed by atoms with E-state index in [4.69, 9.17) is 0 Å². The van der Waals surface area contributed by atoms with Crippen LogP contribution in [-0.4, -0.2) is 21.2 Å². The summed E-state index contributed by atoms with van der Waals surface area (Å²) in [7, 11) is 0. The van der Waals surface area contributed by atoms with Crippen LogP contribution < -0.4 is 4.80 Å². The van der Waals surface area contributed by atoms with E-state index in [9.17, 15) is 27.5 Å². The van der Waals surface area contributed by atoms with Gasteiger partial charge in [0.2, 0.25) is 0 Å². The molecule has 9 heteroatoms. The van der Waals surface area contributed by atoms with Crippen LogP contribution in [-0.2, 0) is 18.1 Å². The van der Waals surface area contributed by atoms with Crippen LogP contribution in [0.4, 0.5) is 17.6 Å². The first-order valence-electron chi connectivity index (χ1n) is 9.17. The van der Waals surface area contributed by atoms with Gasteiger partial charge in [-0.2, -0.15) is 18.2 Å². The highest BCUT2D eigenvalue weighted by molar-refractivity contribution is 7.09. The summed E-state index contributed by atoms with van der Waals surface area (Å²) in [6.45, 7) is 6.13. The van der Waals surface area contributed by atoms with E-state index in [-0.39, 0.29) is 16.8 Å². The van der Waals surface area contributed by atoms with Gasteiger partial charge in [0.15, 0.2) is 4.80 Å². The van der Waals surface area contributed by atoms with Gasteiger partial charge in [-0.15, -0.1) is 11.3 Å². The monoisotopic (exact) mass is 430 g/mol. The molecule has 0 aliphatic heterocycles. The van der Waals surface area contributed by atoms with Crippen molar-refractivity contribution in [1.82, 2.24) is 4.57 Å². The van der Waals surface area contributed by atoms with Gasteiger partial charge < -0.3 is 9.67 Å². The summed E-state index contributed by atoms with van der Waals surface area (Å²) < 4.78 is 54.5. The van der Waals surface area contributed by atoms with Crippen LogP contribution in [0.5, 0.6) is 0 Å². The number of nitrogens with zero attached hydrogens (tertiary/aromatic N) is 2. The molecule has 0 bridgehead atoms. The van der Waals surface area contributed by atoms with Crippen molar-refractivity contribution in [2.24, 2.45) is 4.99 Å². The molecular weight excluding hydrogens is 408 g/mol. The standard InChI is InChI=1S/C20H22F4N2O2S/c1-18(2,3)15-10-26(11-19(28)7-4-8-19)17(29-15)25-16(27)13-9-12(20(22,23)24)5-6-14(13)21/h5-6,9-10,28H,4,7-8,11H2,1-3H3/b25-17-. The molecule has 4 nitrogen and oxygen atoms in total. The van der Waals surface area contributed by atoms with Crippen molar-refractivity contribution in [2.75, 3.05) is 0 Å². The number of aromatic nitrogens is 1. The Kier molecular flexibility index (Phi) is 5.51. The van der Waals surface area contributed by atoms with Crippen LogP contribution in [0.3, 0.4) is 0 Å². The predicted molar refractivity (Wildman–Crippen MR) is 101 cm³/mol. The van der Waals surface area contributed by atoms with E-state index in [1.165, 1.54) is 11.3 Å². The number of carbonyl (C=O) groups excluding carboxylic acids is 1. The molecular formula is C20H22F4N2O2S. The Balaban J connectivity index is 2.05. The van der Waals surface area contributed by atoms with Crippen molar-refractivity contribution < 1.29 is 27.5 Å². The zero-order valence-corrected chi connectivity index (χ0v) is 17.1. The number of benzene rings is 1. The lowest BCUT2D eigenvalue weighted by Gasteiger charge is -2.36. The van der Waals surface area contributed by atoms with Crippen LogP contribution >= 0.6 is 11.3 Å². The summed E-state index contributed by atoms with van der Waals surface area (Å²) in [5, 5.41) is 10.5. The summed E-state index contributed by atoms with van der Waals surface area (Å²) in [5.41, 5.74) is -3.00. The van der Waals surface area contributed by atoms with E-state index >= 15 is 0 Å². The highest BCUT2D eigenvalue weighted by Gasteiger charge is 2.35. The van der Waals surface area contributed by atoms with Gasteiger partial charge in [-0.25, -0.2) is 4.39 Å². The Morgan fingerprint density at radius 2 is 1.93 bits per heavy atom. The second-order valence-electron chi connectivity index (χ2n) is 8.44. The summed E-state index contributed by atoms with van der Waals surface area (Å²) in [6, 6.07) is 1.68. The second kappa shape index (κ2) is 7.36. The smallest absolute Gasteiger partial charge is 0.388 e. The van der Waals surface area contributed by atoms with Crippen LogP contribution in [0, 0.1) is 5.82 Å². The Morgan fingerprint density at radius 3 is 2.45 bits per heavy atom. The number of aliphatic hydroxyl groups is 1. The fourth-order valence-electron chi connectivity index (χ4n) is 3.00. The molecule has 1 saturated carbocycles. The number of alkyl halides is 3. The van der Waals surface area contributed by atoms with Crippen LogP contribution in [0.15, 0.2) is 29.4 Å². The first-order valence-corrected chi connectivity index (χ1v) is 9.99. The van der Waals surface area contributed by atoms with Gasteiger partial charge in [0.05, 0.1) is 23.3 Å². The maximum atomic E-state index is 14.0. The van der Waals surface area contributed by atoms with Crippen LogP contribution in [0.2, 0.25) is 0 Å². The lowest BCUT2D eigenvalue weighted by Crippen LogP contribution is -2.42. The third kappa shape index (κ3) is 4.78. The molecule has 158 valence electrons. The second-order valence-corrected chi connectivity index (χ2v) is 9.45. The summed E-state index contributed by atoms with van der Waals surface area (Å²) in [4.78, 5) is 17.6. The molecule has 0 unspecified atom stereocenters. The molecule has 3 rings (SSSR count). The van der Waals surface area contributed by atoms with Gasteiger partial charge in [-0.05, 0) is 42.9 Å². The van der Waals surface area contributed by atoms with Crippen molar-refractivity contribution in [3.63, 3.8) is 0 Å². The molecule has 1 amide bonds. The van der Waals surface area contributed by atoms with Crippen LogP contribution in [0.25, 0.3) is 0 Å². The molecule has 0 saturated heterocycles. The first kappa shape index (κ1) is 21.7. The number of hydrogen-bond acceptors (Lipinski definition) is 3. The van der Waals surface area contributed by atoms with Crippen molar-refractivity contribution in [3.8, 4) is 0 Å². The summed E-state index contributed by atoms with van der Waals surface area (Å²) in [6.07, 6.45) is -0.769. The molecule has 29 heavy (non-hydrogen) atoms. The van der Waals surface area contributed by atoms with Gasteiger partial charge in [0, 0.05) is 11.1 Å². The number of hydrogen-bond donors (Lipinski definition) is 1. The minimum Gasteiger partial charge on any atom is -0.388 e. The molecule has 1 aromatic carbocycles. The molecule has 0 atom stereocenters. The SMILES string of the molecule is CC(C)(C)c1cn(CC2(O)CCC2)/c(=N/C(=O)c2cc(C(F)(F)F)ccc2F)s1. The fourth-order valence-corrected chi connectivity index (χ4v) is 4.05. The minimum absolute atomic E-state index is 0.219. The molecule has 0 radical (unpaired) electrons. The third-order valence-electron chi connectivity index (χ3n) is 4.93. The largest absolute Gasteiger partial charge is 0.416 e. The van der Waals surface area contributed by atoms with Gasteiger partial charge in [0.25, 0.3) is 5.91 Å². The Hall–Kier alpha value is -2.00. The fraction of sp³-hybridized carbons (Fsp3) is 0.500. The first-order chi connectivity index (χ1) is 13.3. The maximum absolute atomic E-state index is 14.0. The number of thiazole rings is 1. The third-order valence-corrected chi connectivity index (χ3v) is 6.38. The number of amides is 1. The van der Waals surface area contributed by atoms with E-state index in [2.05, 4.69) is 4.99 Å². The average molecular weight is 430 g/mol. The van der Waals surface area contributed by atoms with Crippen molar-refractivity contribution in [3.05, 3.63) is 51.0 Å². The topological polar surface area (TPSA) is 54.6 Å². The average Bonchev–Trinajstić information content (AvgIpc) is 2.95. The van der Waals surface area contributed by atoms with Crippen molar-refractivity contribution in [2.45, 2.75) is 63.8 Å². The lowest BCUT2D eigenvalue weighted by atomic mass is 9.80. The van der Waals surface area contributed by atoms with E-state index in [1.54, 1.807) is 10.8 Å². The zero-order valence-electron chi connectivity index (χ0n) is 16.3. The molecule has 1 N–H and O–H groups in total. The molecule has 1 aromatic heterocycles. The highest BCUT2D eigenvalue weighted by atomic mass is 32.1. The van der Waals surface area contributed by atoms with E-state index < -0.39 is 34.6 Å². The van der Waals surface area contributed by atoms with Crippen molar-refractivity contribution >= 4 is 17.2 Å². The molecule has 2 aromatic rings. The van der Waals surface area contributed by atoms with Gasteiger partial charge in [-0.1, -0.05) is 20.8 Å². The molecule has 1 aliphatic carbocycles. The molecule has 1 fully saturated rings. The lowest BCUT2D eigenvalue weighted by molar-refractivity contribution is -0.137. The maximum Gasteiger partial charge on any atom is 0.416 e.